The molecule has 1 aliphatic carbocycles. The van der Waals surface area contributed by atoms with Crippen LogP contribution >= 0.6 is 11.3 Å². The van der Waals surface area contributed by atoms with E-state index in [-0.39, 0.29) is 24.4 Å². The second kappa shape index (κ2) is 11.6. The van der Waals surface area contributed by atoms with E-state index in [0.717, 1.165) is 12.8 Å². The molecule has 5 atom stereocenters. The zero-order valence-electron chi connectivity index (χ0n) is 15.7. The molecular formula is C21H32O5S. The third-order valence-electron chi connectivity index (χ3n) is 5.54. The monoisotopic (exact) mass is 396 g/mol. The van der Waals surface area contributed by atoms with Crippen molar-refractivity contribution in [3.8, 4) is 0 Å². The molecule has 0 radical (unpaired) electrons. The third kappa shape index (κ3) is 7.74. The first kappa shape index (κ1) is 22.1. The number of allylic oxidation sites excluding steroid dienone is 2. The number of hydrogen-bond donors (Lipinski definition) is 4. The van der Waals surface area contributed by atoms with E-state index in [2.05, 4.69) is 11.4 Å². The highest BCUT2D eigenvalue weighted by molar-refractivity contribution is 7.07. The predicted octanol–water partition coefficient (Wildman–Crippen LogP) is 3.38. The first-order valence-corrected chi connectivity index (χ1v) is 10.8. The molecule has 1 aromatic heterocycles. The van der Waals surface area contributed by atoms with Gasteiger partial charge in [-0.25, -0.2) is 0 Å². The maximum Gasteiger partial charge on any atom is 0.303 e. The van der Waals surface area contributed by atoms with Crippen molar-refractivity contribution in [3.05, 3.63) is 34.5 Å². The summed E-state index contributed by atoms with van der Waals surface area (Å²) in [6, 6.07) is 2.08. The summed E-state index contributed by atoms with van der Waals surface area (Å²) in [7, 11) is 0. The fourth-order valence-electron chi connectivity index (χ4n) is 3.95. The zero-order chi connectivity index (χ0) is 19.6. The van der Waals surface area contributed by atoms with Crippen molar-refractivity contribution in [1.82, 2.24) is 0 Å². The van der Waals surface area contributed by atoms with E-state index in [0.29, 0.717) is 38.5 Å². The largest absolute Gasteiger partial charge is 0.481 e. The molecule has 4 N–H and O–H groups in total. The van der Waals surface area contributed by atoms with Crippen molar-refractivity contribution in [3.63, 3.8) is 0 Å². The minimum Gasteiger partial charge on any atom is -0.481 e. The zero-order valence-corrected chi connectivity index (χ0v) is 16.6. The van der Waals surface area contributed by atoms with Crippen molar-refractivity contribution in [2.45, 2.75) is 76.1 Å². The molecule has 2 rings (SSSR count). The number of hydrogen-bond acceptors (Lipinski definition) is 5. The molecule has 0 spiro atoms. The summed E-state index contributed by atoms with van der Waals surface area (Å²) in [4.78, 5) is 10.5. The summed E-state index contributed by atoms with van der Waals surface area (Å²) in [5.41, 5.74) is 1.25. The molecule has 3 unspecified atom stereocenters. The molecule has 5 nitrogen and oxygen atoms in total. The lowest BCUT2D eigenvalue weighted by molar-refractivity contribution is -0.137. The van der Waals surface area contributed by atoms with E-state index >= 15 is 0 Å². The average molecular weight is 397 g/mol. The SMILES string of the molecule is O=C(O)CCCC=CC[C@H]1C(O)CC(O)[C@@H]1CCC(O)CCc1ccsc1. The van der Waals surface area contributed by atoms with Gasteiger partial charge in [0.1, 0.15) is 0 Å². The fraction of sp³-hybridized carbons (Fsp3) is 0.667. The van der Waals surface area contributed by atoms with E-state index in [4.69, 9.17) is 5.11 Å². The van der Waals surface area contributed by atoms with Crippen LogP contribution in [0.1, 0.15) is 56.9 Å². The third-order valence-corrected chi connectivity index (χ3v) is 6.27. The van der Waals surface area contributed by atoms with Gasteiger partial charge in [-0.2, -0.15) is 11.3 Å². The van der Waals surface area contributed by atoms with Gasteiger partial charge in [-0.15, -0.1) is 0 Å². The van der Waals surface area contributed by atoms with Gasteiger partial charge in [0, 0.05) is 6.42 Å². The Morgan fingerprint density at radius 2 is 2.00 bits per heavy atom. The van der Waals surface area contributed by atoms with Gasteiger partial charge in [-0.05, 0) is 85.6 Å². The summed E-state index contributed by atoms with van der Waals surface area (Å²) in [6.45, 7) is 0. The number of aliphatic carboxylic acids is 1. The summed E-state index contributed by atoms with van der Waals surface area (Å²) < 4.78 is 0. The molecule has 1 fully saturated rings. The lowest BCUT2D eigenvalue weighted by atomic mass is 9.85. The van der Waals surface area contributed by atoms with Crippen molar-refractivity contribution < 1.29 is 25.2 Å². The van der Waals surface area contributed by atoms with E-state index in [9.17, 15) is 20.1 Å². The van der Waals surface area contributed by atoms with Crippen molar-refractivity contribution in [2.24, 2.45) is 11.8 Å². The van der Waals surface area contributed by atoms with E-state index in [1.165, 1.54) is 5.56 Å². The number of carboxylic acid groups (broad SMARTS) is 1. The minimum absolute atomic E-state index is 0.000187. The smallest absolute Gasteiger partial charge is 0.303 e. The number of aliphatic hydroxyl groups excluding tert-OH is 3. The van der Waals surface area contributed by atoms with Gasteiger partial charge in [0.2, 0.25) is 0 Å². The molecule has 1 aliphatic rings. The van der Waals surface area contributed by atoms with Crippen LogP contribution in [0.25, 0.3) is 0 Å². The molecule has 27 heavy (non-hydrogen) atoms. The highest BCUT2D eigenvalue weighted by Crippen LogP contribution is 2.38. The Morgan fingerprint density at radius 3 is 2.70 bits per heavy atom. The molecular weight excluding hydrogens is 364 g/mol. The number of carbonyl (C=O) groups is 1. The molecule has 0 aliphatic heterocycles. The van der Waals surface area contributed by atoms with Crippen LogP contribution in [0.4, 0.5) is 0 Å². The van der Waals surface area contributed by atoms with Gasteiger partial charge in [-0.3, -0.25) is 4.79 Å². The first-order valence-electron chi connectivity index (χ1n) is 9.89. The summed E-state index contributed by atoms with van der Waals surface area (Å²) in [5, 5.41) is 43.6. The lowest BCUT2D eigenvalue weighted by Gasteiger charge is -2.23. The first-order chi connectivity index (χ1) is 13.0. The van der Waals surface area contributed by atoms with Gasteiger partial charge in [0.25, 0.3) is 0 Å². The number of carboxylic acids is 1. The van der Waals surface area contributed by atoms with Crippen LogP contribution in [0.3, 0.4) is 0 Å². The standard InChI is InChI=1S/C21H32O5S/c22-16(8-7-15-11-12-27-14-15)9-10-18-17(19(23)13-20(18)24)5-3-1-2-4-6-21(25)26/h1,3,11-12,14,16-20,22-24H,2,4-10,13H2,(H,25,26)/t16?,17-,18-,19?,20?/m1/s1. The topological polar surface area (TPSA) is 98.0 Å². The van der Waals surface area contributed by atoms with Crippen LogP contribution in [0, 0.1) is 11.8 Å². The van der Waals surface area contributed by atoms with Gasteiger partial charge in [-0.1, -0.05) is 12.2 Å². The van der Waals surface area contributed by atoms with E-state index in [1.807, 2.05) is 17.5 Å². The Balaban J connectivity index is 1.73. The maximum absolute atomic E-state index is 10.5. The predicted molar refractivity (Wildman–Crippen MR) is 107 cm³/mol. The Hall–Kier alpha value is -1.21. The average Bonchev–Trinajstić information content (AvgIpc) is 3.22. The molecule has 1 saturated carbocycles. The van der Waals surface area contributed by atoms with Crippen LogP contribution in [0.15, 0.2) is 29.0 Å². The van der Waals surface area contributed by atoms with Gasteiger partial charge < -0.3 is 20.4 Å². The highest BCUT2D eigenvalue weighted by Gasteiger charge is 2.40. The molecule has 0 bridgehead atoms. The molecule has 0 amide bonds. The Morgan fingerprint density at radius 1 is 1.22 bits per heavy atom. The number of rotatable bonds is 12. The molecule has 0 aromatic carbocycles. The Bertz CT molecular complexity index is 571. The second-order valence-corrected chi connectivity index (χ2v) is 8.37. The lowest BCUT2D eigenvalue weighted by Crippen LogP contribution is -2.23. The number of unbranched alkanes of at least 4 members (excludes halogenated alkanes) is 1. The van der Waals surface area contributed by atoms with Crippen LogP contribution in [-0.2, 0) is 11.2 Å². The molecule has 0 saturated heterocycles. The summed E-state index contributed by atoms with van der Waals surface area (Å²) >= 11 is 1.66. The van der Waals surface area contributed by atoms with Crippen molar-refractivity contribution in [2.75, 3.05) is 0 Å². The molecule has 1 aromatic rings. The van der Waals surface area contributed by atoms with Crippen LogP contribution in [-0.4, -0.2) is 44.7 Å². The van der Waals surface area contributed by atoms with Gasteiger partial charge in [0.15, 0.2) is 0 Å². The van der Waals surface area contributed by atoms with Crippen molar-refractivity contribution in [1.29, 1.82) is 0 Å². The number of aryl methyl sites for hydroxylation is 1. The van der Waals surface area contributed by atoms with Crippen molar-refractivity contribution >= 4 is 17.3 Å². The minimum atomic E-state index is -0.782. The van der Waals surface area contributed by atoms with Crippen LogP contribution in [0.2, 0.25) is 0 Å². The van der Waals surface area contributed by atoms with E-state index < -0.39 is 18.2 Å². The number of aliphatic hydroxyl groups is 3. The molecule has 6 heteroatoms. The second-order valence-electron chi connectivity index (χ2n) is 7.59. The summed E-state index contributed by atoms with van der Waals surface area (Å²) in [5.74, 6) is -0.783. The van der Waals surface area contributed by atoms with Crippen LogP contribution < -0.4 is 0 Å². The van der Waals surface area contributed by atoms with Gasteiger partial charge >= 0.3 is 5.97 Å². The van der Waals surface area contributed by atoms with Gasteiger partial charge in [0.05, 0.1) is 18.3 Å². The fourth-order valence-corrected chi connectivity index (χ4v) is 4.65. The Kier molecular flexibility index (Phi) is 9.48. The quantitative estimate of drug-likeness (QED) is 0.321. The highest BCUT2D eigenvalue weighted by atomic mass is 32.1. The van der Waals surface area contributed by atoms with Crippen LogP contribution in [0.5, 0.6) is 0 Å². The van der Waals surface area contributed by atoms with E-state index in [1.54, 1.807) is 11.3 Å². The molecule has 1 heterocycles. The maximum atomic E-state index is 10.5. The summed E-state index contributed by atoms with van der Waals surface area (Å²) in [6.07, 6.45) is 8.03. The normalized spacial score (nSPS) is 26.6. The molecule has 152 valence electrons. The number of thiophene rings is 1. The Labute approximate surface area is 165 Å².